The Bertz CT molecular complexity index is 305. The highest BCUT2D eigenvalue weighted by molar-refractivity contribution is 4.95. The van der Waals surface area contributed by atoms with Gasteiger partial charge >= 0.3 is 0 Å². The van der Waals surface area contributed by atoms with E-state index in [1.165, 1.54) is 0 Å². The summed E-state index contributed by atoms with van der Waals surface area (Å²) in [5, 5.41) is 7.26. The molecule has 0 aromatic carbocycles. The molecule has 84 valence electrons. The summed E-state index contributed by atoms with van der Waals surface area (Å²) >= 11 is 0. The van der Waals surface area contributed by atoms with Crippen LogP contribution in [0.4, 0.5) is 0 Å². The van der Waals surface area contributed by atoms with E-state index in [2.05, 4.69) is 29.3 Å². The quantitative estimate of drug-likeness (QED) is 0.806. The summed E-state index contributed by atoms with van der Waals surface area (Å²) in [5.41, 5.74) is 0. The van der Waals surface area contributed by atoms with E-state index in [0.29, 0.717) is 24.2 Å². The summed E-state index contributed by atoms with van der Waals surface area (Å²) in [6, 6.07) is 0.0865. The maximum atomic E-state index is 5.34. The molecule has 1 unspecified atom stereocenters. The molecule has 1 saturated heterocycles. The largest absolute Gasteiger partial charge is 0.378 e. The van der Waals surface area contributed by atoms with Gasteiger partial charge < -0.3 is 14.6 Å². The second-order valence-corrected chi connectivity index (χ2v) is 4.23. The highest BCUT2D eigenvalue weighted by Gasteiger charge is 2.20. The molecule has 0 aliphatic carbocycles. The zero-order chi connectivity index (χ0) is 10.7. The average molecular weight is 211 g/mol. The van der Waals surface area contributed by atoms with Gasteiger partial charge in [0.05, 0.1) is 19.3 Å². The van der Waals surface area contributed by atoms with Crippen molar-refractivity contribution in [2.45, 2.75) is 26.3 Å². The van der Waals surface area contributed by atoms with E-state index < -0.39 is 0 Å². The first-order chi connectivity index (χ1) is 7.25. The van der Waals surface area contributed by atoms with Crippen molar-refractivity contribution in [2.24, 2.45) is 5.92 Å². The third kappa shape index (κ3) is 2.76. The molecule has 2 heterocycles. The highest BCUT2D eigenvalue weighted by atomic mass is 16.5. The first-order valence-electron chi connectivity index (χ1n) is 5.39. The molecule has 0 amide bonds. The molecule has 2 rings (SSSR count). The van der Waals surface area contributed by atoms with Crippen molar-refractivity contribution in [3.05, 3.63) is 11.7 Å². The fraction of sp³-hybridized carbons (Fsp3) is 0.800. The van der Waals surface area contributed by atoms with Crippen LogP contribution in [-0.4, -0.2) is 29.9 Å². The number of hydrogen-bond acceptors (Lipinski definition) is 5. The van der Waals surface area contributed by atoms with E-state index in [-0.39, 0.29) is 6.04 Å². The van der Waals surface area contributed by atoms with Gasteiger partial charge in [-0.25, -0.2) is 0 Å². The van der Waals surface area contributed by atoms with Crippen LogP contribution in [0, 0.1) is 5.92 Å². The van der Waals surface area contributed by atoms with Gasteiger partial charge in [0.2, 0.25) is 5.89 Å². The standard InChI is InChI=1S/C10H17N3O2/c1-7(2)5-9-12-10(13-15-9)8-6-14-4-3-11-8/h7-8,11H,3-6H2,1-2H3. The number of aromatic nitrogens is 2. The number of hydrogen-bond donors (Lipinski definition) is 1. The second kappa shape index (κ2) is 4.72. The second-order valence-electron chi connectivity index (χ2n) is 4.23. The molecule has 0 saturated carbocycles. The Morgan fingerprint density at radius 3 is 3.07 bits per heavy atom. The van der Waals surface area contributed by atoms with Crippen molar-refractivity contribution < 1.29 is 9.26 Å². The Morgan fingerprint density at radius 2 is 2.40 bits per heavy atom. The number of rotatable bonds is 3. The van der Waals surface area contributed by atoms with Gasteiger partial charge in [-0.05, 0) is 5.92 Å². The molecule has 1 fully saturated rings. The van der Waals surface area contributed by atoms with Gasteiger partial charge in [0, 0.05) is 13.0 Å². The lowest BCUT2D eigenvalue weighted by molar-refractivity contribution is 0.0734. The zero-order valence-electron chi connectivity index (χ0n) is 9.19. The van der Waals surface area contributed by atoms with E-state index in [1.807, 2.05) is 0 Å². The highest BCUT2D eigenvalue weighted by Crippen LogP contribution is 2.13. The number of morpholine rings is 1. The van der Waals surface area contributed by atoms with Crippen LogP contribution in [0.15, 0.2) is 4.52 Å². The summed E-state index contributed by atoms with van der Waals surface area (Å²) in [6.45, 7) is 6.49. The van der Waals surface area contributed by atoms with Gasteiger partial charge in [-0.2, -0.15) is 4.98 Å². The van der Waals surface area contributed by atoms with Crippen LogP contribution in [0.2, 0.25) is 0 Å². The van der Waals surface area contributed by atoms with Crippen molar-refractivity contribution in [1.82, 2.24) is 15.5 Å². The summed E-state index contributed by atoms with van der Waals surface area (Å²) in [7, 11) is 0. The van der Waals surface area contributed by atoms with E-state index in [1.54, 1.807) is 0 Å². The minimum atomic E-state index is 0.0865. The minimum Gasteiger partial charge on any atom is -0.378 e. The maximum Gasteiger partial charge on any atom is 0.226 e. The molecule has 1 aliphatic heterocycles. The lowest BCUT2D eigenvalue weighted by atomic mass is 10.1. The van der Waals surface area contributed by atoms with Crippen molar-refractivity contribution in [3.63, 3.8) is 0 Å². The minimum absolute atomic E-state index is 0.0865. The number of nitrogens with zero attached hydrogens (tertiary/aromatic N) is 2. The third-order valence-corrected chi connectivity index (χ3v) is 2.30. The van der Waals surface area contributed by atoms with E-state index in [9.17, 15) is 0 Å². The van der Waals surface area contributed by atoms with Gasteiger partial charge in [-0.15, -0.1) is 0 Å². The molecule has 5 nitrogen and oxygen atoms in total. The van der Waals surface area contributed by atoms with Gasteiger partial charge in [0.1, 0.15) is 0 Å². The molecule has 1 aliphatic rings. The molecule has 1 aromatic heterocycles. The summed E-state index contributed by atoms with van der Waals surface area (Å²) < 4.78 is 10.5. The van der Waals surface area contributed by atoms with Gasteiger partial charge in [-0.3, -0.25) is 0 Å². The van der Waals surface area contributed by atoms with Gasteiger partial charge in [0.15, 0.2) is 5.82 Å². The van der Waals surface area contributed by atoms with Crippen LogP contribution in [0.5, 0.6) is 0 Å². The summed E-state index contributed by atoms with van der Waals surface area (Å²) in [6.07, 6.45) is 0.834. The smallest absolute Gasteiger partial charge is 0.226 e. The fourth-order valence-corrected chi connectivity index (χ4v) is 1.57. The van der Waals surface area contributed by atoms with E-state index in [0.717, 1.165) is 19.6 Å². The molecule has 15 heavy (non-hydrogen) atoms. The van der Waals surface area contributed by atoms with Gasteiger partial charge in [0.25, 0.3) is 0 Å². The molecule has 0 spiro atoms. The third-order valence-electron chi connectivity index (χ3n) is 2.30. The zero-order valence-corrected chi connectivity index (χ0v) is 9.19. The molecule has 0 bridgehead atoms. The van der Waals surface area contributed by atoms with E-state index in [4.69, 9.17) is 9.26 Å². The normalized spacial score (nSPS) is 22.2. The van der Waals surface area contributed by atoms with Crippen molar-refractivity contribution >= 4 is 0 Å². The van der Waals surface area contributed by atoms with Crippen LogP contribution in [0.3, 0.4) is 0 Å². The number of ether oxygens (including phenoxy) is 1. The van der Waals surface area contributed by atoms with Crippen LogP contribution in [0.1, 0.15) is 31.6 Å². The predicted molar refractivity (Wildman–Crippen MR) is 54.4 cm³/mol. The summed E-state index contributed by atoms with van der Waals surface area (Å²) in [5.74, 6) is 1.96. The van der Waals surface area contributed by atoms with Crippen molar-refractivity contribution in [1.29, 1.82) is 0 Å². The molecule has 5 heteroatoms. The lowest BCUT2D eigenvalue weighted by Gasteiger charge is -2.20. The molecular weight excluding hydrogens is 194 g/mol. The Morgan fingerprint density at radius 1 is 1.53 bits per heavy atom. The van der Waals surface area contributed by atoms with Crippen molar-refractivity contribution in [2.75, 3.05) is 19.8 Å². The van der Waals surface area contributed by atoms with Crippen LogP contribution >= 0.6 is 0 Å². The molecule has 1 atom stereocenters. The average Bonchev–Trinajstić information content (AvgIpc) is 2.67. The monoisotopic (exact) mass is 211 g/mol. The lowest BCUT2D eigenvalue weighted by Crippen LogP contribution is -2.35. The Balaban J connectivity index is 1.99. The van der Waals surface area contributed by atoms with E-state index >= 15 is 0 Å². The fourth-order valence-electron chi connectivity index (χ4n) is 1.57. The Kier molecular flexibility index (Phi) is 3.33. The predicted octanol–water partition coefficient (Wildman–Crippen LogP) is 0.929. The molecule has 1 aromatic rings. The molecular formula is C10H17N3O2. The first kappa shape index (κ1) is 10.6. The SMILES string of the molecule is CC(C)Cc1nc(C2COCCN2)no1. The maximum absolute atomic E-state index is 5.34. The van der Waals surface area contributed by atoms with Crippen LogP contribution < -0.4 is 5.32 Å². The molecule has 0 radical (unpaired) electrons. The number of nitrogens with one attached hydrogen (secondary N) is 1. The van der Waals surface area contributed by atoms with Crippen LogP contribution in [0.25, 0.3) is 0 Å². The van der Waals surface area contributed by atoms with Crippen molar-refractivity contribution in [3.8, 4) is 0 Å². The Hall–Kier alpha value is -0.940. The molecule has 1 N–H and O–H groups in total. The van der Waals surface area contributed by atoms with Gasteiger partial charge in [-0.1, -0.05) is 19.0 Å². The topological polar surface area (TPSA) is 60.2 Å². The summed E-state index contributed by atoms with van der Waals surface area (Å²) in [4.78, 5) is 4.35. The Labute approximate surface area is 89.2 Å². The first-order valence-corrected chi connectivity index (χ1v) is 5.39. The van der Waals surface area contributed by atoms with Crippen LogP contribution in [-0.2, 0) is 11.2 Å².